The number of rotatable bonds is 4. The van der Waals surface area contributed by atoms with Crippen molar-refractivity contribution in [3.8, 4) is 0 Å². The van der Waals surface area contributed by atoms with Gasteiger partial charge in [0, 0.05) is 25.7 Å². The Labute approximate surface area is 173 Å². The summed E-state index contributed by atoms with van der Waals surface area (Å²) in [6.07, 6.45) is 0.184. The molecule has 2 aliphatic heterocycles. The Balaban J connectivity index is 0.00000240. The van der Waals surface area contributed by atoms with Gasteiger partial charge in [0.05, 0.1) is 24.1 Å². The fraction of sp³-hybridized carbons (Fsp3) is 0.333. The highest BCUT2D eigenvalue weighted by Gasteiger charge is 2.43. The topological polar surface area (TPSA) is 61.9 Å². The zero-order chi connectivity index (χ0) is 19.9. The predicted molar refractivity (Wildman–Crippen MR) is 109 cm³/mol. The van der Waals surface area contributed by atoms with Crippen LogP contribution in [0.1, 0.15) is 6.42 Å². The third kappa shape index (κ3) is 3.91. The van der Waals surface area contributed by atoms with Crippen LogP contribution in [0.5, 0.6) is 0 Å². The minimum atomic E-state index is -4.36. The van der Waals surface area contributed by atoms with E-state index in [1.807, 2.05) is 0 Å². The van der Waals surface area contributed by atoms with E-state index in [1.54, 1.807) is 0 Å². The average molecular weight is 448 g/mol. The minimum Gasteiger partial charge on any atom is -0.376 e. The Morgan fingerprint density at radius 2 is 1.83 bits per heavy atom. The predicted octanol–water partition coefficient (Wildman–Crippen LogP) is 2.80. The molecule has 1 atom stereocenters. The molecule has 11 heteroatoms. The van der Waals surface area contributed by atoms with Crippen molar-refractivity contribution >= 4 is 40.8 Å². The molecule has 2 aromatic carbocycles. The van der Waals surface area contributed by atoms with Gasteiger partial charge in [0.15, 0.2) is 11.6 Å². The number of ether oxygens (including phenoxy) is 1. The molecule has 2 heterocycles. The Bertz CT molecular complexity index is 981. The lowest BCUT2D eigenvalue weighted by Crippen LogP contribution is -2.42. The van der Waals surface area contributed by atoms with Gasteiger partial charge in [0.2, 0.25) is 0 Å². The van der Waals surface area contributed by atoms with Crippen molar-refractivity contribution in [2.75, 3.05) is 34.9 Å². The molecular weight excluding hydrogens is 427 g/mol. The lowest BCUT2D eigenvalue weighted by atomic mass is 10.2. The second-order valence-electron chi connectivity index (χ2n) is 6.53. The molecule has 6 nitrogen and oxygen atoms in total. The highest BCUT2D eigenvalue weighted by Crippen LogP contribution is 2.47. The van der Waals surface area contributed by atoms with Crippen LogP contribution in [0.15, 0.2) is 36.4 Å². The summed E-state index contributed by atoms with van der Waals surface area (Å²) in [7, 11) is -4.36. The second-order valence-corrected chi connectivity index (χ2v) is 8.23. The van der Waals surface area contributed by atoms with E-state index in [4.69, 9.17) is 4.74 Å². The fourth-order valence-corrected chi connectivity index (χ4v) is 5.17. The van der Waals surface area contributed by atoms with Gasteiger partial charge in [0.25, 0.3) is 0 Å². The van der Waals surface area contributed by atoms with Gasteiger partial charge < -0.3 is 10.1 Å². The Morgan fingerprint density at radius 1 is 1.10 bits per heavy atom. The largest absolute Gasteiger partial charge is 0.376 e. The summed E-state index contributed by atoms with van der Waals surface area (Å²) in [6, 6.07) is 6.41. The minimum absolute atomic E-state index is 0. The molecule has 158 valence electrons. The van der Waals surface area contributed by atoms with Gasteiger partial charge in [-0.05, 0) is 30.7 Å². The second kappa shape index (κ2) is 8.42. The highest BCUT2D eigenvalue weighted by molar-refractivity contribution is 7.95. The van der Waals surface area contributed by atoms with Crippen molar-refractivity contribution < 1.29 is 26.3 Å². The van der Waals surface area contributed by atoms with Crippen LogP contribution in [0.2, 0.25) is 0 Å². The van der Waals surface area contributed by atoms with Gasteiger partial charge in [-0.1, -0.05) is 6.07 Å². The summed E-state index contributed by atoms with van der Waals surface area (Å²) >= 11 is 0. The number of fused-ring (bicyclic) bond motifs is 1. The summed E-state index contributed by atoms with van der Waals surface area (Å²) in [5.74, 6) is -2.82. The lowest BCUT2D eigenvalue weighted by Gasteiger charge is -2.27. The van der Waals surface area contributed by atoms with E-state index >= 15 is 0 Å². The summed E-state index contributed by atoms with van der Waals surface area (Å²) in [5, 5.41) is 3.15. The van der Waals surface area contributed by atoms with Crippen LogP contribution in [0, 0.1) is 17.5 Å². The van der Waals surface area contributed by atoms with Crippen LogP contribution < -0.4 is 13.9 Å². The maximum atomic E-state index is 14.4. The number of morpholine rings is 1. The zero-order valence-corrected chi connectivity index (χ0v) is 17.1. The maximum absolute atomic E-state index is 14.4. The number of hydrogen-bond donors (Lipinski definition) is 1. The van der Waals surface area contributed by atoms with Crippen LogP contribution in [-0.2, 0) is 14.9 Å². The third-order valence-corrected chi connectivity index (χ3v) is 6.51. The van der Waals surface area contributed by atoms with Crippen LogP contribution in [0.4, 0.5) is 30.2 Å². The molecule has 0 saturated carbocycles. The molecule has 0 aromatic heterocycles. The molecule has 0 amide bonds. The molecule has 0 spiro atoms. The van der Waals surface area contributed by atoms with Gasteiger partial charge in [-0.3, -0.25) is 4.31 Å². The smallest absolute Gasteiger partial charge is 0.331 e. The highest BCUT2D eigenvalue weighted by atomic mass is 32.2. The molecule has 1 fully saturated rings. The SMILES string of the molecule is O=S1(=O)N(CC[C@H]2CNCCO2)c2ccc(F)cc2N1c1c(F)cccc1F.S. The summed E-state index contributed by atoms with van der Waals surface area (Å²) < 4.78 is 76.1. The first-order chi connectivity index (χ1) is 13.4. The van der Waals surface area contributed by atoms with E-state index in [0.29, 0.717) is 23.9 Å². The quantitative estimate of drug-likeness (QED) is 0.783. The number of nitrogens with one attached hydrogen (secondary N) is 1. The lowest BCUT2D eigenvalue weighted by molar-refractivity contribution is 0.0254. The average Bonchev–Trinajstić information content (AvgIpc) is 2.87. The first kappa shape index (κ1) is 21.8. The first-order valence-corrected chi connectivity index (χ1v) is 10.2. The third-order valence-electron chi connectivity index (χ3n) is 4.73. The van der Waals surface area contributed by atoms with Gasteiger partial charge in [-0.15, -0.1) is 0 Å². The molecular formula is C18H20F3N3O3S2. The van der Waals surface area contributed by atoms with Crippen molar-refractivity contribution in [2.24, 2.45) is 0 Å². The van der Waals surface area contributed by atoms with Crippen LogP contribution in [0.25, 0.3) is 0 Å². The zero-order valence-electron chi connectivity index (χ0n) is 15.2. The van der Waals surface area contributed by atoms with Gasteiger partial charge in [-0.25, -0.2) is 17.5 Å². The fourth-order valence-electron chi connectivity index (χ4n) is 3.44. The number of nitrogens with zero attached hydrogens (tertiary/aromatic N) is 2. The van der Waals surface area contributed by atoms with Crippen LogP contribution in [0.3, 0.4) is 0 Å². The van der Waals surface area contributed by atoms with Crippen LogP contribution >= 0.6 is 13.5 Å². The maximum Gasteiger partial charge on any atom is 0.331 e. The summed E-state index contributed by atoms with van der Waals surface area (Å²) in [6.45, 7) is 1.85. The first-order valence-electron chi connectivity index (χ1n) is 8.78. The van der Waals surface area contributed by atoms with Crippen LogP contribution in [-0.4, -0.2) is 40.8 Å². The van der Waals surface area contributed by atoms with E-state index in [0.717, 1.165) is 41.2 Å². The van der Waals surface area contributed by atoms with Crippen molar-refractivity contribution in [3.63, 3.8) is 0 Å². The molecule has 1 saturated heterocycles. The van der Waals surface area contributed by atoms with E-state index < -0.39 is 33.3 Å². The standard InChI is InChI=1S/C18H18F3N3O3S.H2S/c19-12-4-5-16-17(10-12)24(18-14(20)2-1-3-15(18)21)28(25,26)23(16)8-6-13-11-22-7-9-27-13;/h1-5,10,13,22H,6-9,11H2;1H2/t13-;/m0./s1. The molecule has 1 N–H and O–H groups in total. The normalized spacial score (nSPS) is 20.3. The van der Waals surface area contributed by atoms with Gasteiger partial charge in [-0.2, -0.15) is 21.9 Å². The molecule has 4 rings (SSSR count). The summed E-state index contributed by atoms with van der Waals surface area (Å²) in [4.78, 5) is 0. The molecule has 0 aliphatic carbocycles. The molecule has 29 heavy (non-hydrogen) atoms. The molecule has 2 aliphatic rings. The number of anilines is 3. The monoisotopic (exact) mass is 447 g/mol. The molecule has 0 bridgehead atoms. The van der Waals surface area contributed by atoms with Crippen molar-refractivity contribution in [1.29, 1.82) is 0 Å². The van der Waals surface area contributed by atoms with E-state index in [-0.39, 0.29) is 37.5 Å². The van der Waals surface area contributed by atoms with Crippen molar-refractivity contribution in [2.45, 2.75) is 12.5 Å². The van der Waals surface area contributed by atoms with Gasteiger partial charge in [0.1, 0.15) is 11.5 Å². The Hall–Kier alpha value is -1.95. The number of para-hydroxylation sites is 1. The van der Waals surface area contributed by atoms with Crippen molar-refractivity contribution in [1.82, 2.24) is 5.32 Å². The summed E-state index contributed by atoms with van der Waals surface area (Å²) in [5.41, 5.74) is -0.730. The van der Waals surface area contributed by atoms with Crippen molar-refractivity contribution in [3.05, 3.63) is 53.8 Å². The van der Waals surface area contributed by atoms with E-state index in [2.05, 4.69) is 5.32 Å². The number of halogens is 3. The number of benzene rings is 2. The van der Waals surface area contributed by atoms with E-state index in [9.17, 15) is 21.6 Å². The molecule has 2 aromatic rings. The van der Waals surface area contributed by atoms with E-state index in [1.165, 1.54) is 6.07 Å². The molecule has 0 radical (unpaired) electrons. The van der Waals surface area contributed by atoms with Gasteiger partial charge >= 0.3 is 10.2 Å². The Morgan fingerprint density at radius 3 is 2.48 bits per heavy atom. The Kier molecular flexibility index (Phi) is 6.32. The molecule has 0 unspecified atom stereocenters. The number of hydrogen-bond acceptors (Lipinski definition) is 4.